The van der Waals surface area contributed by atoms with E-state index in [-0.39, 0.29) is 17.5 Å². The molecule has 6 heterocycles. The van der Waals surface area contributed by atoms with Crippen LogP contribution in [0.25, 0.3) is 34.2 Å². The van der Waals surface area contributed by atoms with Crippen molar-refractivity contribution in [3.63, 3.8) is 0 Å². The van der Waals surface area contributed by atoms with Crippen LogP contribution in [0.4, 0.5) is 0 Å². The first-order chi connectivity index (χ1) is 35.2. The number of hydrogen-bond donors (Lipinski definition) is 3. The fourth-order valence-corrected chi connectivity index (χ4v) is 9.04. The zero-order chi connectivity index (χ0) is 53.9. The van der Waals surface area contributed by atoms with Crippen LogP contribution in [0.3, 0.4) is 0 Å². The van der Waals surface area contributed by atoms with Gasteiger partial charge in [-0.2, -0.15) is 0 Å². The summed E-state index contributed by atoms with van der Waals surface area (Å²) in [5, 5.41) is 39.9. The summed E-state index contributed by atoms with van der Waals surface area (Å²) in [5.41, 5.74) is 5.47. The van der Waals surface area contributed by atoms with E-state index in [1.165, 1.54) is 52.9 Å². The molecule has 0 saturated heterocycles. The molecule has 4 N–H and O–H groups in total. The Balaban J connectivity index is 0.000000204. The van der Waals surface area contributed by atoms with E-state index in [0.717, 1.165) is 33.8 Å². The highest BCUT2D eigenvalue weighted by molar-refractivity contribution is 7.91. The molecular formula is C49H57N13O10S2. The van der Waals surface area contributed by atoms with Gasteiger partial charge in [-0.1, -0.05) is 12.1 Å². The minimum atomic E-state index is -3.97. The lowest BCUT2D eigenvalue weighted by Crippen LogP contribution is -2.32. The average molecular weight is 1050 g/mol. The molecule has 23 nitrogen and oxygen atoms in total. The highest BCUT2D eigenvalue weighted by Gasteiger charge is 2.34. The number of para-hydroxylation sites is 2. The van der Waals surface area contributed by atoms with Crippen LogP contribution in [0.1, 0.15) is 66.0 Å². The Bertz CT molecular complexity index is 3350. The van der Waals surface area contributed by atoms with Crippen molar-refractivity contribution in [2.45, 2.75) is 70.0 Å². The van der Waals surface area contributed by atoms with Gasteiger partial charge in [-0.15, -0.1) is 20.4 Å². The molecule has 0 amide bonds. The lowest BCUT2D eigenvalue weighted by molar-refractivity contribution is 0.165. The Morgan fingerprint density at radius 3 is 1.45 bits per heavy atom. The summed E-state index contributed by atoms with van der Waals surface area (Å²) in [4.78, 5) is 24.1. The number of rotatable bonds is 16. The van der Waals surface area contributed by atoms with Crippen LogP contribution < -0.4 is 24.1 Å². The summed E-state index contributed by atoms with van der Waals surface area (Å²) in [5.74, 6) is 3.71. The Morgan fingerprint density at radius 1 is 0.554 bits per heavy atom. The molecule has 0 saturated carbocycles. The molecule has 0 unspecified atom stereocenters. The maximum atomic E-state index is 13.5. The molecule has 8 aromatic rings. The second kappa shape index (κ2) is 24.3. The van der Waals surface area contributed by atoms with E-state index in [2.05, 4.69) is 50.3 Å². The number of aliphatic hydroxyl groups is 2. The first-order valence-corrected chi connectivity index (χ1v) is 25.8. The fraction of sp³-hybridized carbons (Fsp3) is 0.306. The number of methoxy groups -OCH3 is 4. The predicted octanol–water partition coefficient (Wildman–Crippen LogP) is 4.94. The molecule has 74 heavy (non-hydrogen) atoms. The number of pyridine rings is 2. The molecule has 0 radical (unpaired) electrons. The number of ether oxygens (including phenoxy) is 4. The zero-order valence-electron chi connectivity index (χ0n) is 42.3. The average Bonchev–Trinajstić information content (AvgIpc) is 3.99. The maximum Gasteiger partial charge on any atom is 0.214 e. The molecule has 390 valence electrons. The summed E-state index contributed by atoms with van der Waals surface area (Å²) in [6, 6.07) is 16.3. The van der Waals surface area contributed by atoms with Crippen LogP contribution in [-0.4, -0.2) is 125 Å². The molecule has 0 bridgehead atoms. The van der Waals surface area contributed by atoms with E-state index in [1.54, 1.807) is 74.8 Å². The van der Waals surface area contributed by atoms with Crippen LogP contribution in [-0.2, 0) is 25.6 Å². The standard InChI is InChI=1S/C25H28N6O5S.C17H18N4O2.C7H11N3O3S/c1-15-9-18(13-26-10-15)25-30-29-21(31(25)22-19(35-4)7-6-8-20(22)36-5)14-37(33,34)17(3)23(32)24-27-11-16(2)12-28-24;1-11-8-13(10-18-9-11)17-20-19-12(2)21(17)16-14(22-3)6-5-7-15(16)23-4;1-5(14(8,12)13)6(11)7-9-3-2-4-10-7/h6-13,17,23,32H,14H2,1-5H3;5-10H,1-4H3;2-6,11H,1H3,(H2,8,12,13)/t17-,23-;;5-,6-/m0.0/s1. The van der Waals surface area contributed by atoms with Crippen LogP contribution in [0, 0.1) is 27.7 Å². The van der Waals surface area contributed by atoms with Gasteiger partial charge >= 0.3 is 0 Å². The van der Waals surface area contributed by atoms with E-state index >= 15 is 0 Å². The van der Waals surface area contributed by atoms with Crippen LogP contribution >= 0.6 is 0 Å². The quantitative estimate of drug-likeness (QED) is 0.115. The van der Waals surface area contributed by atoms with E-state index in [1.807, 2.05) is 55.7 Å². The molecule has 0 aliphatic heterocycles. The molecule has 0 fully saturated rings. The molecule has 0 spiro atoms. The minimum absolute atomic E-state index is 0.0288. The van der Waals surface area contributed by atoms with Crippen molar-refractivity contribution in [3.8, 4) is 57.1 Å². The fourth-order valence-electron chi connectivity index (χ4n) is 7.23. The van der Waals surface area contributed by atoms with Gasteiger partial charge in [0, 0.05) is 60.7 Å². The van der Waals surface area contributed by atoms with Gasteiger partial charge < -0.3 is 29.2 Å². The van der Waals surface area contributed by atoms with Gasteiger partial charge in [0.2, 0.25) is 10.0 Å². The molecular weight excluding hydrogens is 995 g/mol. The first kappa shape index (κ1) is 55.5. The van der Waals surface area contributed by atoms with E-state index < -0.39 is 48.3 Å². The number of benzene rings is 2. The van der Waals surface area contributed by atoms with Crippen molar-refractivity contribution in [2.75, 3.05) is 28.4 Å². The van der Waals surface area contributed by atoms with Crippen molar-refractivity contribution >= 4 is 19.9 Å². The summed E-state index contributed by atoms with van der Waals surface area (Å²) in [6.45, 7) is 10.3. The van der Waals surface area contributed by atoms with Gasteiger partial charge in [-0.05, 0) is 101 Å². The number of aliphatic hydroxyl groups excluding tert-OH is 2. The topological polar surface area (TPSA) is 310 Å². The van der Waals surface area contributed by atoms with Crippen LogP contribution in [0.15, 0.2) is 104 Å². The molecule has 0 aliphatic carbocycles. The van der Waals surface area contributed by atoms with E-state index in [4.69, 9.17) is 24.1 Å². The largest absolute Gasteiger partial charge is 0.494 e. The predicted molar refractivity (Wildman–Crippen MR) is 273 cm³/mol. The van der Waals surface area contributed by atoms with Gasteiger partial charge in [0.25, 0.3) is 0 Å². The second-order valence-electron chi connectivity index (χ2n) is 16.6. The van der Waals surface area contributed by atoms with Gasteiger partial charge in [0.1, 0.15) is 63.4 Å². The molecule has 6 aromatic heterocycles. The van der Waals surface area contributed by atoms with Crippen molar-refractivity contribution in [2.24, 2.45) is 5.14 Å². The van der Waals surface area contributed by atoms with E-state index in [0.29, 0.717) is 45.9 Å². The maximum absolute atomic E-state index is 13.5. The van der Waals surface area contributed by atoms with E-state index in [9.17, 15) is 27.0 Å². The summed E-state index contributed by atoms with van der Waals surface area (Å²) >= 11 is 0. The summed E-state index contributed by atoms with van der Waals surface area (Å²) in [6.07, 6.45) is 10.1. The summed E-state index contributed by atoms with van der Waals surface area (Å²) in [7, 11) is -1.47. The molecule has 8 rings (SSSR count). The first-order valence-electron chi connectivity index (χ1n) is 22.5. The normalized spacial score (nSPS) is 13.0. The van der Waals surface area contributed by atoms with Crippen molar-refractivity contribution in [1.29, 1.82) is 0 Å². The number of nitrogens with zero attached hydrogens (tertiary/aromatic N) is 12. The third kappa shape index (κ3) is 12.8. The van der Waals surface area contributed by atoms with Crippen molar-refractivity contribution in [1.82, 2.24) is 59.4 Å². The Labute approximate surface area is 428 Å². The number of hydrogen-bond acceptors (Lipinski definition) is 20. The minimum Gasteiger partial charge on any atom is -0.494 e. The highest BCUT2D eigenvalue weighted by Crippen LogP contribution is 2.38. The monoisotopic (exact) mass is 1050 g/mol. The summed E-state index contributed by atoms with van der Waals surface area (Å²) < 4.78 is 74.5. The highest BCUT2D eigenvalue weighted by atomic mass is 32.2. The van der Waals surface area contributed by atoms with Gasteiger partial charge in [-0.3, -0.25) is 19.1 Å². The molecule has 25 heteroatoms. The number of nitrogens with two attached hydrogens (primary N) is 1. The van der Waals surface area contributed by atoms with Gasteiger partial charge in [0.05, 0.1) is 33.7 Å². The number of primary sulfonamides is 1. The smallest absolute Gasteiger partial charge is 0.214 e. The number of sulfone groups is 1. The van der Waals surface area contributed by atoms with Gasteiger partial charge in [0.15, 0.2) is 39.0 Å². The number of aromatic nitrogens is 12. The second-order valence-corrected chi connectivity index (χ2v) is 20.9. The Hall–Kier alpha value is -7.84. The number of sulfonamides is 1. The van der Waals surface area contributed by atoms with Crippen molar-refractivity contribution in [3.05, 3.63) is 144 Å². The third-order valence-corrected chi connectivity index (χ3v) is 14.6. The third-order valence-electron chi connectivity index (χ3n) is 11.3. The Morgan fingerprint density at radius 2 is 0.986 bits per heavy atom. The number of aryl methyl sites for hydroxylation is 4. The SMILES string of the molecule is COc1cccc(OC)c1-n1c(C)nnc1-c1cncc(C)c1.COc1cccc(OC)c1-n1c(CS(=O)(=O)[C@@H](C)[C@H](O)c2ncc(C)cn2)nnc1-c1cncc(C)c1.C[C@@H]([C@H](O)c1ncccn1)S(N)(=O)=O. The zero-order valence-corrected chi connectivity index (χ0v) is 43.9. The Kier molecular flexibility index (Phi) is 18.2. The lowest BCUT2D eigenvalue weighted by atomic mass is 10.2. The van der Waals surface area contributed by atoms with Crippen LogP contribution in [0.5, 0.6) is 23.0 Å². The molecule has 0 aliphatic rings. The molecule has 2 aromatic carbocycles. The van der Waals surface area contributed by atoms with Crippen LogP contribution in [0.2, 0.25) is 0 Å². The molecule has 4 atom stereocenters. The van der Waals surface area contributed by atoms with Gasteiger partial charge in [-0.25, -0.2) is 41.9 Å². The lowest BCUT2D eigenvalue weighted by Gasteiger charge is -2.20. The van der Waals surface area contributed by atoms with Crippen molar-refractivity contribution < 1.29 is 46.0 Å².